The fourth-order valence-corrected chi connectivity index (χ4v) is 6.06. The molecule has 2 nitrogen and oxygen atoms in total. The van der Waals surface area contributed by atoms with E-state index in [2.05, 4.69) is 5.32 Å². The average molecular weight is 526 g/mol. The lowest BCUT2D eigenvalue weighted by Crippen LogP contribution is -2.26. The number of aryl methyl sites for hydroxylation is 1. The Morgan fingerprint density at radius 3 is 2.06 bits per heavy atom. The standard InChI is InChI=1S/C29H23ClF3NOS/c1-17-4-6-20(7-5-17)28(35)25-24(23-3-2-16-36-23)26(19-10-14-22(30)15-11-19)34-27(25)18-8-12-21(13-9-18)29(31,32)33/h2-16,24-27,34H,1H3/t24-,25+,26-,27-/m1/s1. The van der Waals surface area contributed by atoms with Crippen molar-refractivity contribution in [2.75, 3.05) is 0 Å². The summed E-state index contributed by atoms with van der Waals surface area (Å²) < 4.78 is 39.7. The molecule has 4 aromatic rings. The molecule has 4 atom stereocenters. The Hall–Kier alpha value is -2.93. The summed E-state index contributed by atoms with van der Waals surface area (Å²) in [5.41, 5.74) is 2.53. The van der Waals surface area contributed by atoms with E-state index < -0.39 is 23.7 Å². The minimum Gasteiger partial charge on any atom is -0.302 e. The number of carbonyl (C=O) groups is 1. The van der Waals surface area contributed by atoms with Crippen LogP contribution in [0.15, 0.2) is 90.3 Å². The van der Waals surface area contributed by atoms with Crippen molar-refractivity contribution in [2.45, 2.75) is 31.1 Å². The highest BCUT2D eigenvalue weighted by molar-refractivity contribution is 7.10. The van der Waals surface area contributed by atoms with Gasteiger partial charge in [0.2, 0.25) is 0 Å². The molecule has 1 fully saturated rings. The van der Waals surface area contributed by atoms with E-state index in [9.17, 15) is 18.0 Å². The number of halogens is 4. The second kappa shape index (κ2) is 9.85. The van der Waals surface area contributed by atoms with Crippen molar-refractivity contribution in [1.82, 2.24) is 5.32 Å². The number of benzene rings is 3. The van der Waals surface area contributed by atoms with Crippen LogP contribution in [0.2, 0.25) is 5.02 Å². The van der Waals surface area contributed by atoms with Gasteiger partial charge in [0, 0.05) is 33.5 Å². The summed E-state index contributed by atoms with van der Waals surface area (Å²) in [6, 6.07) is 23.3. The maximum absolute atomic E-state index is 14.1. The van der Waals surface area contributed by atoms with E-state index in [0.29, 0.717) is 16.1 Å². The number of carbonyl (C=O) groups excluding carboxylic acids is 1. The third-order valence-corrected chi connectivity index (χ3v) is 8.03. The summed E-state index contributed by atoms with van der Waals surface area (Å²) in [5, 5.41) is 6.20. The minimum atomic E-state index is -4.43. The molecular formula is C29H23ClF3NOS. The van der Waals surface area contributed by atoms with Crippen LogP contribution in [0.3, 0.4) is 0 Å². The minimum absolute atomic E-state index is 0.0396. The molecule has 3 aromatic carbocycles. The van der Waals surface area contributed by atoms with E-state index in [1.54, 1.807) is 11.3 Å². The van der Waals surface area contributed by atoms with Gasteiger partial charge in [-0.05, 0) is 53.8 Å². The van der Waals surface area contributed by atoms with E-state index in [-0.39, 0.29) is 17.7 Å². The number of hydrogen-bond acceptors (Lipinski definition) is 3. The molecule has 2 heterocycles. The van der Waals surface area contributed by atoms with Crippen LogP contribution in [0.4, 0.5) is 13.2 Å². The first-order valence-corrected chi connectivity index (χ1v) is 12.8. The molecule has 1 saturated heterocycles. The van der Waals surface area contributed by atoms with Crippen LogP contribution < -0.4 is 5.32 Å². The van der Waals surface area contributed by atoms with E-state index in [0.717, 1.165) is 28.1 Å². The van der Waals surface area contributed by atoms with Gasteiger partial charge in [0.25, 0.3) is 0 Å². The summed E-state index contributed by atoms with van der Waals surface area (Å²) in [5.74, 6) is -0.779. The highest BCUT2D eigenvalue weighted by Gasteiger charge is 2.49. The molecule has 0 saturated carbocycles. The Morgan fingerprint density at radius 1 is 0.861 bits per heavy atom. The van der Waals surface area contributed by atoms with Crippen LogP contribution in [-0.4, -0.2) is 5.78 Å². The molecule has 5 rings (SSSR count). The van der Waals surface area contributed by atoms with Crippen molar-refractivity contribution >= 4 is 28.7 Å². The first kappa shape index (κ1) is 24.8. The molecule has 0 amide bonds. The van der Waals surface area contributed by atoms with Crippen LogP contribution >= 0.6 is 22.9 Å². The monoisotopic (exact) mass is 525 g/mol. The zero-order valence-corrected chi connectivity index (χ0v) is 20.9. The molecule has 1 aromatic heterocycles. The molecule has 1 N–H and O–H groups in total. The van der Waals surface area contributed by atoms with Gasteiger partial charge in [0.1, 0.15) is 0 Å². The molecule has 0 spiro atoms. The van der Waals surface area contributed by atoms with Gasteiger partial charge >= 0.3 is 6.18 Å². The predicted octanol–water partition coefficient (Wildman–Crippen LogP) is 8.40. The molecule has 36 heavy (non-hydrogen) atoms. The van der Waals surface area contributed by atoms with Gasteiger partial charge in [-0.2, -0.15) is 13.2 Å². The lowest BCUT2D eigenvalue weighted by molar-refractivity contribution is -0.137. The zero-order valence-electron chi connectivity index (χ0n) is 19.3. The fourth-order valence-electron chi connectivity index (χ4n) is 5.02. The number of nitrogens with one attached hydrogen (secondary N) is 1. The van der Waals surface area contributed by atoms with E-state index in [4.69, 9.17) is 11.6 Å². The molecule has 1 aliphatic rings. The molecule has 184 valence electrons. The van der Waals surface area contributed by atoms with Gasteiger partial charge in [0.15, 0.2) is 5.78 Å². The lowest BCUT2D eigenvalue weighted by atomic mass is 9.77. The summed E-state index contributed by atoms with van der Waals surface area (Å²) in [6.45, 7) is 1.96. The van der Waals surface area contributed by atoms with Gasteiger partial charge in [-0.25, -0.2) is 0 Å². The average Bonchev–Trinajstić information content (AvgIpc) is 3.52. The summed E-state index contributed by atoms with van der Waals surface area (Å²) in [6.07, 6.45) is -4.43. The maximum atomic E-state index is 14.1. The molecule has 0 unspecified atom stereocenters. The van der Waals surface area contributed by atoms with Gasteiger partial charge in [-0.1, -0.05) is 71.8 Å². The van der Waals surface area contributed by atoms with E-state index >= 15 is 0 Å². The zero-order chi connectivity index (χ0) is 25.4. The van der Waals surface area contributed by atoms with Crippen molar-refractivity contribution in [1.29, 1.82) is 0 Å². The summed E-state index contributed by atoms with van der Waals surface area (Å²) in [4.78, 5) is 15.1. The lowest BCUT2D eigenvalue weighted by Gasteiger charge is -2.24. The summed E-state index contributed by atoms with van der Waals surface area (Å²) >= 11 is 7.71. The van der Waals surface area contributed by atoms with E-state index in [1.807, 2.05) is 73.0 Å². The van der Waals surface area contributed by atoms with Crippen molar-refractivity contribution in [3.05, 3.63) is 128 Å². The van der Waals surface area contributed by atoms with Crippen LogP contribution in [0.5, 0.6) is 0 Å². The Kier molecular flexibility index (Phi) is 6.77. The third-order valence-electron chi connectivity index (χ3n) is 6.80. The van der Waals surface area contributed by atoms with Crippen molar-refractivity contribution in [3.63, 3.8) is 0 Å². The molecule has 7 heteroatoms. The van der Waals surface area contributed by atoms with Crippen LogP contribution in [0, 0.1) is 12.8 Å². The topological polar surface area (TPSA) is 29.1 Å². The Balaban J connectivity index is 1.63. The predicted molar refractivity (Wildman–Crippen MR) is 138 cm³/mol. The molecule has 1 aliphatic heterocycles. The third kappa shape index (κ3) is 4.85. The van der Waals surface area contributed by atoms with E-state index in [1.165, 1.54) is 12.1 Å². The van der Waals surface area contributed by atoms with Crippen molar-refractivity contribution < 1.29 is 18.0 Å². The molecule has 0 radical (unpaired) electrons. The van der Waals surface area contributed by atoms with Crippen LogP contribution in [-0.2, 0) is 6.18 Å². The first-order chi connectivity index (χ1) is 17.2. The Morgan fingerprint density at radius 2 is 1.47 bits per heavy atom. The maximum Gasteiger partial charge on any atom is 0.416 e. The van der Waals surface area contributed by atoms with Crippen LogP contribution in [0.25, 0.3) is 0 Å². The van der Waals surface area contributed by atoms with Gasteiger partial charge < -0.3 is 5.32 Å². The first-order valence-electron chi connectivity index (χ1n) is 11.6. The highest BCUT2D eigenvalue weighted by atomic mass is 35.5. The number of Topliss-reactive ketones (excluding diaryl/α,β-unsaturated/α-hetero) is 1. The number of rotatable bonds is 5. The molecule has 0 bridgehead atoms. The van der Waals surface area contributed by atoms with Crippen LogP contribution in [0.1, 0.15) is 55.5 Å². The quantitative estimate of drug-likeness (QED) is 0.265. The smallest absolute Gasteiger partial charge is 0.302 e. The van der Waals surface area contributed by atoms with Crippen molar-refractivity contribution in [3.8, 4) is 0 Å². The number of hydrogen-bond donors (Lipinski definition) is 1. The second-order valence-corrected chi connectivity index (χ2v) is 10.5. The molecule has 0 aliphatic carbocycles. The fraction of sp³-hybridized carbons (Fsp3) is 0.207. The second-order valence-electron chi connectivity index (χ2n) is 9.09. The van der Waals surface area contributed by atoms with Gasteiger partial charge in [-0.15, -0.1) is 11.3 Å². The Labute approximate surface area is 216 Å². The van der Waals surface area contributed by atoms with Crippen molar-refractivity contribution in [2.24, 2.45) is 5.92 Å². The number of alkyl halides is 3. The number of thiophene rings is 1. The van der Waals surface area contributed by atoms with Gasteiger partial charge in [0.05, 0.1) is 11.5 Å². The van der Waals surface area contributed by atoms with Gasteiger partial charge in [-0.3, -0.25) is 4.79 Å². The SMILES string of the molecule is Cc1ccc(C(=O)[C@H]2[C@@H](c3cccs3)[C@@H](c3ccc(Cl)cc3)N[C@@H]2c2ccc(C(F)(F)F)cc2)cc1. The largest absolute Gasteiger partial charge is 0.416 e. The molecular weight excluding hydrogens is 503 g/mol. The highest BCUT2D eigenvalue weighted by Crippen LogP contribution is 2.52. The normalized spacial score (nSPS) is 22.0. The summed E-state index contributed by atoms with van der Waals surface area (Å²) in [7, 11) is 0. The Bertz CT molecular complexity index is 1330. The number of ketones is 1.